The molecule has 0 saturated carbocycles. The lowest BCUT2D eigenvalue weighted by Crippen LogP contribution is -2.36. The van der Waals surface area contributed by atoms with Gasteiger partial charge in [-0.3, -0.25) is 0 Å². The van der Waals surface area contributed by atoms with E-state index < -0.39 is 0 Å². The van der Waals surface area contributed by atoms with Crippen LogP contribution in [0.1, 0.15) is 25.0 Å². The van der Waals surface area contributed by atoms with Crippen molar-refractivity contribution < 1.29 is 4.74 Å². The summed E-state index contributed by atoms with van der Waals surface area (Å²) in [5, 5.41) is 3.18. The number of rotatable bonds is 5. The Balaban J connectivity index is 3.04. The van der Waals surface area contributed by atoms with Crippen molar-refractivity contribution in [3.05, 3.63) is 29.3 Å². The van der Waals surface area contributed by atoms with E-state index in [1.165, 1.54) is 11.1 Å². The van der Waals surface area contributed by atoms with Gasteiger partial charge in [0.05, 0.1) is 7.11 Å². The van der Waals surface area contributed by atoms with Gasteiger partial charge >= 0.3 is 0 Å². The van der Waals surface area contributed by atoms with Crippen LogP contribution in [0.15, 0.2) is 18.2 Å². The van der Waals surface area contributed by atoms with Crippen molar-refractivity contribution in [3.63, 3.8) is 0 Å². The fraction of sp³-hybridized carbons (Fsp3) is 0.538. The Hall–Kier alpha value is -1.06. The summed E-state index contributed by atoms with van der Waals surface area (Å²) in [6.45, 7) is 7.80. The van der Waals surface area contributed by atoms with E-state index >= 15 is 0 Å². The molecule has 90 valence electrons. The van der Waals surface area contributed by atoms with Gasteiger partial charge in [0, 0.05) is 24.2 Å². The molecule has 3 nitrogen and oxygen atoms in total. The van der Waals surface area contributed by atoms with Crippen molar-refractivity contribution in [2.24, 2.45) is 5.73 Å². The van der Waals surface area contributed by atoms with Crippen molar-refractivity contribution >= 4 is 0 Å². The summed E-state index contributed by atoms with van der Waals surface area (Å²) in [4.78, 5) is 0. The van der Waals surface area contributed by atoms with Crippen LogP contribution in [0, 0.1) is 6.92 Å². The molecule has 0 amide bonds. The predicted molar refractivity (Wildman–Crippen MR) is 67.8 cm³/mol. The maximum Gasteiger partial charge on any atom is 0.122 e. The Labute approximate surface area is 98.0 Å². The van der Waals surface area contributed by atoms with Gasteiger partial charge in [0.1, 0.15) is 5.75 Å². The number of aryl methyl sites for hydroxylation is 1. The predicted octanol–water partition coefficient (Wildman–Crippen LogP) is 1.79. The van der Waals surface area contributed by atoms with Gasteiger partial charge in [-0.15, -0.1) is 0 Å². The van der Waals surface area contributed by atoms with Crippen molar-refractivity contribution in [1.29, 1.82) is 0 Å². The summed E-state index contributed by atoms with van der Waals surface area (Å²) in [7, 11) is 1.71. The molecule has 0 aliphatic rings. The third kappa shape index (κ3) is 2.97. The summed E-state index contributed by atoms with van der Waals surface area (Å²) in [5.41, 5.74) is 7.95. The van der Waals surface area contributed by atoms with E-state index in [0.717, 1.165) is 12.3 Å². The molecular formula is C13H22N2O. The number of methoxy groups -OCH3 is 1. The second-order valence-electron chi connectivity index (χ2n) is 4.72. The van der Waals surface area contributed by atoms with Gasteiger partial charge in [-0.1, -0.05) is 31.5 Å². The molecule has 1 rings (SSSR count). The first-order valence-electron chi connectivity index (χ1n) is 5.57. The van der Waals surface area contributed by atoms with Gasteiger partial charge < -0.3 is 15.8 Å². The lowest BCUT2D eigenvalue weighted by molar-refractivity contribution is 0.386. The van der Waals surface area contributed by atoms with Crippen molar-refractivity contribution in [2.45, 2.75) is 26.2 Å². The lowest BCUT2D eigenvalue weighted by atomic mass is 9.83. The summed E-state index contributed by atoms with van der Waals surface area (Å²) < 4.78 is 5.41. The first-order valence-corrected chi connectivity index (χ1v) is 5.57. The quantitative estimate of drug-likeness (QED) is 0.747. The standard InChI is InChI=1S/C13H22N2O/c1-10-5-6-12(16-4)11(7-10)13(2,3)8-15-9-14/h5-7,15H,8-9,14H2,1-4H3. The molecule has 0 saturated heterocycles. The Morgan fingerprint density at radius 3 is 2.62 bits per heavy atom. The molecule has 1 aromatic rings. The highest BCUT2D eigenvalue weighted by molar-refractivity contribution is 5.41. The summed E-state index contributed by atoms with van der Waals surface area (Å²) >= 11 is 0. The second-order valence-corrected chi connectivity index (χ2v) is 4.72. The highest BCUT2D eigenvalue weighted by Crippen LogP contribution is 2.31. The Morgan fingerprint density at radius 1 is 1.38 bits per heavy atom. The zero-order valence-corrected chi connectivity index (χ0v) is 10.6. The third-order valence-corrected chi connectivity index (χ3v) is 2.80. The van der Waals surface area contributed by atoms with E-state index in [2.05, 4.69) is 38.2 Å². The highest BCUT2D eigenvalue weighted by Gasteiger charge is 2.23. The number of hydrogen-bond donors (Lipinski definition) is 2. The average molecular weight is 222 g/mol. The number of ether oxygens (including phenoxy) is 1. The molecule has 0 unspecified atom stereocenters. The van der Waals surface area contributed by atoms with Crippen LogP contribution in [0.3, 0.4) is 0 Å². The minimum Gasteiger partial charge on any atom is -0.496 e. The van der Waals surface area contributed by atoms with E-state index in [1.54, 1.807) is 7.11 Å². The van der Waals surface area contributed by atoms with Gasteiger partial charge in [0.25, 0.3) is 0 Å². The van der Waals surface area contributed by atoms with Crippen LogP contribution in [0.4, 0.5) is 0 Å². The number of nitrogens with one attached hydrogen (secondary N) is 1. The van der Waals surface area contributed by atoms with E-state index in [0.29, 0.717) is 6.67 Å². The SMILES string of the molecule is COc1ccc(C)cc1C(C)(C)CNCN. The van der Waals surface area contributed by atoms with Crippen molar-refractivity contribution in [2.75, 3.05) is 20.3 Å². The van der Waals surface area contributed by atoms with E-state index in [4.69, 9.17) is 10.5 Å². The molecule has 3 heteroatoms. The monoisotopic (exact) mass is 222 g/mol. The minimum absolute atomic E-state index is 0.0106. The number of nitrogens with two attached hydrogens (primary N) is 1. The topological polar surface area (TPSA) is 47.3 Å². The first kappa shape index (κ1) is 13.0. The van der Waals surface area contributed by atoms with E-state index in [1.807, 2.05) is 6.07 Å². The molecular weight excluding hydrogens is 200 g/mol. The number of hydrogen-bond acceptors (Lipinski definition) is 3. The Kier molecular flexibility index (Phi) is 4.33. The Morgan fingerprint density at radius 2 is 2.06 bits per heavy atom. The molecule has 0 aliphatic carbocycles. The zero-order valence-electron chi connectivity index (χ0n) is 10.6. The molecule has 0 radical (unpaired) electrons. The van der Waals surface area contributed by atoms with Crippen molar-refractivity contribution in [1.82, 2.24) is 5.32 Å². The molecule has 0 fully saturated rings. The maximum absolute atomic E-state index is 5.47. The summed E-state index contributed by atoms with van der Waals surface area (Å²) in [6.07, 6.45) is 0. The van der Waals surface area contributed by atoms with E-state index in [9.17, 15) is 0 Å². The first-order chi connectivity index (χ1) is 7.51. The average Bonchev–Trinajstić information content (AvgIpc) is 2.26. The summed E-state index contributed by atoms with van der Waals surface area (Å²) in [5.74, 6) is 0.939. The molecule has 3 N–H and O–H groups in total. The van der Waals surface area contributed by atoms with Crippen LogP contribution in [0.2, 0.25) is 0 Å². The Bertz CT molecular complexity index is 348. The fourth-order valence-electron chi connectivity index (χ4n) is 1.83. The largest absolute Gasteiger partial charge is 0.496 e. The van der Waals surface area contributed by atoms with Gasteiger partial charge in [-0.2, -0.15) is 0 Å². The molecule has 0 aliphatic heterocycles. The van der Waals surface area contributed by atoms with Gasteiger partial charge in [0.15, 0.2) is 0 Å². The fourth-order valence-corrected chi connectivity index (χ4v) is 1.83. The molecule has 0 bridgehead atoms. The van der Waals surface area contributed by atoms with E-state index in [-0.39, 0.29) is 5.41 Å². The molecule has 0 atom stereocenters. The van der Waals surface area contributed by atoms with Gasteiger partial charge in [0.2, 0.25) is 0 Å². The van der Waals surface area contributed by atoms with Crippen LogP contribution < -0.4 is 15.8 Å². The van der Waals surface area contributed by atoms with Crippen LogP contribution >= 0.6 is 0 Å². The second kappa shape index (κ2) is 5.32. The lowest BCUT2D eigenvalue weighted by Gasteiger charge is -2.27. The van der Waals surface area contributed by atoms with Crippen LogP contribution in [0.25, 0.3) is 0 Å². The smallest absolute Gasteiger partial charge is 0.122 e. The molecule has 0 aromatic heterocycles. The normalized spacial score (nSPS) is 11.6. The van der Waals surface area contributed by atoms with Crippen LogP contribution in [-0.2, 0) is 5.41 Å². The molecule has 0 heterocycles. The molecule has 16 heavy (non-hydrogen) atoms. The molecule has 1 aromatic carbocycles. The molecule has 0 spiro atoms. The maximum atomic E-state index is 5.47. The third-order valence-electron chi connectivity index (χ3n) is 2.80. The summed E-state index contributed by atoms with van der Waals surface area (Å²) in [6, 6.07) is 6.26. The van der Waals surface area contributed by atoms with Gasteiger partial charge in [-0.05, 0) is 13.0 Å². The van der Waals surface area contributed by atoms with Gasteiger partial charge in [-0.25, -0.2) is 0 Å². The van der Waals surface area contributed by atoms with Crippen LogP contribution in [0.5, 0.6) is 5.75 Å². The number of benzene rings is 1. The zero-order chi connectivity index (χ0) is 12.2. The van der Waals surface area contributed by atoms with Crippen LogP contribution in [-0.4, -0.2) is 20.3 Å². The highest BCUT2D eigenvalue weighted by atomic mass is 16.5. The van der Waals surface area contributed by atoms with Crippen molar-refractivity contribution in [3.8, 4) is 5.75 Å². The minimum atomic E-state index is 0.0106.